The molecule has 2 aromatic rings. The number of aromatic nitrogens is 2. The molecule has 3 N–H and O–H groups in total. The maximum Gasteiger partial charge on any atom is 0.223 e. The highest BCUT2D eigenvalue weighted by Crippen LogP contribution is 2.25. The van der Waals surface area contributed by atoms with Gasteiger partial charge in [0.05, 0.1) is 11.2 Å². The SMILES string of the molecule is Cc1nc(N[C@H]2CC[C@@H](CN)CC2)nc2ccccc12. The molecule has 1 aromatic heterocycles. The Morgan fingerprint density at radius 2 is 1.90 bits per heavy atom. The number of benzene rings is 1. The lowest BCUT2D eigenvalue weighted by Crippen LogP contribution is -2.29. The molecule has 4 nitrogen and oxygen atoms in total. The van der Waals surface area contributed by atoms with Crippen molar-refractivity contribution in [1.82, 2.24) is 9.97 Å². The van der Waals surface area contributed by atoms with Crippen molar-refractivity contribution >= 4 is 16.9 Å². The Balaban J connectivity index is 1.75. The Kier molecular flexibility index (Phi) is 3.83. The Labute approximate surface area is 119 Å². The van der Waals surface area contributed by atoms with Crippen LogP contribution in [0, 0.1) is 12.8 Å². The molecular weight excluding hydrogens is 248 g/mol. The average Bonchev–Trinajstić information content (AvgIpc) is 2.48. The van der Waals surface area contributed by atoms with E-state index >= 15 is 0 Å². The smallest absolute Gasteiger partial charge is 0.223 e. The zero-order valence-electron chi connectivity index (χ0n) is 12.0. The van der Waals surface area contributed by atoms with Crippen molar-refractivity contribution in [3.8, 4) is 0 Å². The van der Waals surface area contributed by atoms with Gasteiger partial charge in [-0.05, 0) is 51.1 Å². The van der Waals surface area contributed by atoms with E-state index in [1.165, 1.54) is 12.8 Å². The third-order valence-electron chi connectivity index (χ3n) is 4.31. The predicted molar refractivity (Wildman–Crippen MR) is 82.7 cm³/mol. The van der Waals surface area contributed by atoms with E-state index in [0.29, 0.717) is 12.0 Å². The van der Waals surface area contributed by atoms with Crippen LogP contribution >= 0.6 is 0 Å². The minimum absolute atomic E-state index is 0.485. The van der Waals surface area contributed by atoms with E-state index in [4.69, 9.17) is 5.73 Å². The van der Waals surface area contributed by atoms with Crippen LogP contribution in [0.5, 0.6) is 0 Å². The first-order chi connectivity index (χ1) is 9.76. The summed E-state index contributed by atoms with van der Waals surface area (Å²) in [6.07, 6.45) is 4.75. The van der Waals surface area contributed by atoms with Crippen LogP contribution in [-0.4, -0.2) is 22.6 Å². The van der Waals surface area contributed by atoms with Crippen LogP contribution in [0.3, 0.4) is 0 Å². The third kappa shape index (κ3) is 2.75. The van der Waals surface area contributed by atoms with Gasteiger partial charge in [-0.3, -0.25) is 0 Å². The van der Waals surface area contributed by atoms with Gasteiger partial charge in [0.2, 0.25) is 5.95 Å². The molecule has 4 heteroatoms. The largest absolute Gasteiger partial charge is 0.351 e. The highest BCUT2D eigenvalue weighted by molar-refractivity contribution is 5.81. The number of rotatable bonds is 3. The highest BCUT2D eigenvalue weighted by atomic mass is 15.1. The van der Waals surface area contributed by atoms with E-state index in [2.05, 4.69) is 21.4 Å². The van der Waals surface area contributed by atoms with E-state index in [1.807, 2.05) is 25.1 Å². The van der Waals surface area contributed by atoms with Crippen LogP contribution < -0.4 is 11.1 Å². The average molecular weight is 270 g/mol. The molecule has 1 aliphatic carbocycles. The van der Waals surface area contributed by atoms with Gasteiger partial charge in [-0.2, -0.15) is 0 Å². The number of aryl methyl sites for hydroxylation is 1. The summed E-state index contributed by atoms with van der Waals surface area (Å²) in [5, 5.41) is 4.62. The number of anilines is 1. The van der Waals surface area contributed by atoms with Gasteiger partial charge in [0.15, 0.2) is 0 Å². The van der Waals surface area contributed by atoms with Gasteiger partial charge in [0.1, 0.15) is 0 Å². The molecule has 1 heterocycles. The number of nitrogens with two attached hydrogens (primary N) is 1. The van der Waals surface area contributed by atoms with Crippen molar-refractivity contribution in [2.75, 3.05) is 11.9 Å². The fraction of sp³-hybridized carbons (Fsp3) is 0.500. The van der Waals surface area contributed by atoms with E-state index in [1.54, 1.807) is 0 Å². The van der Waals surface area contributed by atoms with Crippen molar-refractivity contribution in [1.29, 1.82) is 0 Å². The molecular formula is C16H22N4. The molecule has 1 fully saturated rings. The molecule has 0 saturated heterocycles. The Hall–Kier alpha value is -1.68. The first kappa shape index (κ1) is 13.3. The van der Waals surface area contributed by atoms with Crippen LogP contribution in [-0.2, 0) is 0 Å². The molecule has 1 aliphatic rings. The molecule has 0 radical (unpaired) electrons. The summed E-state index contributed by atoms with van der Waals surface area (Å²) < 4.78 is 0. The minimum Gasteiger partial charge on any atom is -0.351 e. The van der Waals surface area contributed by atoms with E-state index < -0.39 is 0 Å². The molecule has 0 bridgehead atoms. The summed E-state index contributed by atoms with van der Waals surface area (Å²) in [5.41, 5.74) is 7.79. The van der Waals surface area contributed by atoms with Crippen molar-refractivity contribution < 1.29 is 0 Å². The van der Waals surface area contributed by atoms with E-state index in [9.17, 15) is 0 Å². The predicted octanol–water partition coefficient (Wildman–Crippen LogP) is 2.87. The molecule has 0 aliphatic heterocycles. The van der Waals surface area contributed by atoms with Gasteiger partial charge in [-0.15, -0.1) is 0 Å². The molecule has 0 unspecified atom stereocenters. The topological polar surface area (TPSA) is 63.8 Å². The lowest BCUT2D eigenvalue weighted by atomic mass is 9.86. The Bertz CT molecular complexity index is 588. The highest BCUT2D eigenvalue weighted by Gasteiger charge is 2.20. The monoisotopic (exact) mass is 270 g/mol. The van der Waals surface area contributed by atoms with Crippen LogP contribution in [0.1, 0.15) is 31.4 Å². The zero-order chi connectivity index (χ0) is 13.9. The normalized spacial score (nSPS) is 22.9. The molecule has 0 amide bonds. The molecule has 0 spiro atoms. The molecule has 106 valence electrons. The second kappa shape index (κ2) is 5.75. The number of hydrogen-bond acceptors (Lipinski definition) is 4. The third-order valence-corrected chi connectivity index (χ3v) is 4.31. The summed E-state index contributed by atoms with van der Waals surface area (Å²) in [7, 11) is 0. The number of nitrogens with zero attached hydrogens (tertiary/aromatic N) is 2. The second-order valence-electron chi connectivity index (χ2n) is 5.75. The van der Waals surface area contributed by atoms with Crippen LogP contribution in [0.15, 0.2) is 24.3 Å². The van der Waals surface area contributed by atoms with Gasteiger partial charge in [0, 0.05) is 11.4 Å². The maximum atomic E-state index is 5.74. The fourth-order valence-corrected chi connectivity index (χ4v) is 3.02. The van der Waals surface area contributed by atoms with Crippen LogP contribution in [0.4, 0.5) is 5.95 Å². The molecule has 1 aromatic carbocycles. The minimum atomic E-state index is 0.485. The van der Waals surface area contributed by atoms with Gasteiger partial charge >= 0.3 is 0 Å². The Morgan fingerprint density at radius 3 is 2.65 bits per heavy atom. The van der Waals surface area contributed by atoms with Crippen LogP contribution in [0.25, 0.3) is 10.9 Å². The van der Waals surface area contributed by atoms with Crippen molar-refractivity contribution in [2.24, 2.45) is 11.7 Å². The number of hydrogen-bond donors (Lipinski definition) is 2. The zero-order valence-corrected chi connectivity index (χ0v) is 12.0. The van der Waals surface area contributed by atoms with Crippen molar-refractivity contribution in [3.05, 3.63) is 30.0 Å². The summed E-state index contributed by atoms with van der Waals surface area (Å²) in [4.78, 5) is 9.21. The van der Waals surface area contributed by atoms with Crippen molar-refractivity contribution in [3.63, 3.8) is 0 Å². The fourth-order valence-electron chi connectivity index (χ4n) is 3.02. The lowest BCUT2D eigenvalue weighted by molar-refractivity contribution is 0.344. The number of fused-ring (bicyclic) bond motifs is 1. The number of nitrogens with one attached hydrogen (secondary N) is 1. The molecule has 20 heavy (non-hydrogen) atoms. The lowest BCUT2D eigenvalue weighted by Gasteiger charge is -2.28. The number of para-hydroxylation sites is 1. The first-order valence-electron chi connectivity index (χ1n) is 7.46. The van der Waals surface area contributed by atoms with Crippen molar-refractivity contribution in [2.45, 2.75) is 38.6 Å². The first-order valence-corrected chi connectivity index (χ1v) is 7.46. The summed E-state index contributed by atoms with van der Waals surface area (Å²) in [5.74, 6) is 1.46. The maximum absolute atomic E-state index is 5.74. The molecule has 0 atom stereocenters. The van der Waals surface area contributed by atoms with Gasteiger partial charge in [-0.1, -0.05) is 18.2 Å². The Morgan fingerprint density at radius 1 is 1.15 bits per heavy atom. The summed E-state index contributed by atoms with van der Waals surface area (Å²) >= 11 is 0. The quantitative estimate of drug-likeness (QED) is 0.900. The van der Waals surface area contributed by atoms with Gasteiger partial charge in [-0.25, -0.2) is 9.97 Å². The van der Waals surface area contributed by atoms with E-state index in [-0.39, 0.29) is 0 Å². The van der Waals surface area contributed by atoms with E-state index in [0.717, 1.165) is 41.9 Å². The second-order valence-corrected chi connectivity index (χ2v) is 5.75. The molecule has 1 saturated carbocycles. The standard InChI is InChI=1S/C16H22N4/c1-11-14-4-2-3-5-15(14)20-16(18-11)19-13-8-6-12(10-17)7-9-13/h2-5,12-13H,6-10,17H2,1H3,(H,18,19,20)/t12-,13+. The van der Waals surface area contributed by atoms with Gasteiger partial charge in [0.25, 0.3) is 0 Å². The van der Waals surface area contributed by atoms with Gasteiger partial charge < -0.3 is 11.1 Å². The summed E-state index contributed by atoms with van der Waals surface area (Å²) in [6.45, 7) is 2.86. The van der Waals surface area contributed by atoms with Crippen LogP contribution in [0.2, 0.25) is 0 Å². The molecule has 3 rings (SSSR count). The summed E-state index contributed by atoms with van der Waals surface area (Å²) in [6, 6.07) is 8.64.